The van der Waals surface area contributed by atoms with Crippen LogP contribution in [-0.4, -0.2) is 14.8 Å². The van der Waals surface area contributed by atoms with Gasteiger partial charge < -0.3 is 0 Å². The first-order valence-electron chi connectivity index (χ1n) is 5.48. The molecule has 0 fully saturated rings. The third-order valence-corrected chi connectivity index (χ3v) is 4.16. The van der Waals surface area contributed by atoms with E-state index in [-0.39, 0.29) is 11.6 Å². The topological polar surface area (TPSA) is 34.1 Å². The standard InChI is InChI=1S/C15H10O2.Hf/c16-14(12-7-3-1-4-8-12)11-15(17)13-9-5-2-6-10-13;/h1-10H;/q;+2. The zero-order valence-corrected chi connectivity index (χ0v) is 13.2. The Morgan fingerprint density at radius 2 is 1.00 bits per heavy atom. The van der Waals surface area contributed by atoms with Crippen molar-refractivity contribution >= 4 is 14.8 Å². The molecule has 84 valence electrons. The molecule has 2 aromatic rings. The van der Waals surface area contributed by atoms with Crippen LogP contribution in [0, 0.1) is 0 Å². The molecule has 2 aromatic carbocycles. The Balaban J connectivity index is 2.23. The van der Waals surface area contributed by atoms with E-state index in [0.29, 0.717) is 38.3 Å². The molecule has 0 saturated heterocycles. The van der Waals surface area contributed by atoms with Crippen LogP contribution in [0.4, 0.5) is 0 Å². The molecule has 0 unspecified atom stereocenters. The number of benzene rings is 2. The first-order valence-corrected chi connectivity index (χ1v) is 7.28. The summed E-state index contributed by atoms with van der Waals surface area (Å²) in [5, 5.41) is 0. The van der Waals surface area contributed by atoms with Gasteiger partial charge in [0, 0.05) is 0 Å². The first-order chi connectivity index (χ1) is 8.70. The second-order valence-corrected chi connectivity index (χ2v) is 5.56. The summed E-state index contributed by atoms with van der Waals surface area (Å²) in [5.74, 6) is -0.313. The summed E-state index contributed by atoms with van der Waals surface area (Å²) in [6, 6.07) is 17.8. The number of hydrogen-bond acceptors (Lipinski definition) is 2. The minimum atomic E-state index is -0.156. The van der Waals surface area contributed by atoms with Gasteiger partial charge in [0.15, 0.2) is 0 Å². The molecule has 18 heavy (non-hydrogen) atoms. The summed E-state index contributed by atoms with van der Waals surface area (Å²) in [6.07, 6.45) is 0. The van der Waals surface area contributed by atoms with Crippen LogP contribution >= 0.6 is 0 Å². The van der Waals surface area contributed by atoms with Crippen LogP contribution in [0.5, 0.6) is 0 Å². The van der Waals surface area contributed by atoms with E-state index >= 15 is 0 Å². The van der Waals surface area contributed by atoms with E-state index in [1.54, 1.807) is 48.5 Å². The molecule has 0 saturated carbocycles. The van der Waals surface area contributed by atoms with Gasteiger partial charge in [-0.25, -0.2) is 0 Å². The predicted molar refractivity (Wildman–Crippen MR) is 66.6 cm³/mol. The van der Waals surface area contributed by atoms with Gasteiger partial charge in [0.2, 0.25) is 0 Å². The molecule has 0 radical (unpaired) electrons. The second kappa shape index (κ2) is 5.92. The summed E-state index contributed by atoms with van der Waals surface area (Å²) in [5.41, 5.74) is 1.15. The van der Waals surface area contributed by atoms with Crippen LogP contribution in [-0.2, 0) is 23.9 Å². The summed E-state index contributed by atoms with van der Waals surface area (Å²) in [4.78, 5) is 24.3. The quantitative estimate of drug-likeness (QED) is 0.449. The molecular weight excluding hydrogens is 391 g/mol. The van der Waals surface area contributed by atoms with E-state index < -0.39 is 0 Å². The maximum atomic E-state index is 12.1. The Bertz CT molecular complexity index is 535. The van der Waals surface area contributed by atoms with Gasteiger partial charge in [0.05, 0.1) is 0 Å². The van der Waals surface area contributed by atoms with Gasteiger partial charge in [-0.15, -0.1) is 0 Å². The average molecular weight is 401 g/mol. The van der Waals surface area contributed by atoms with Crippen molar-refractivity contribution in [2.24, 2.45) is 0 Å². The van der Waals surface area contributed by atoms with Gasteiger partial charge >= 0.3 is 120 Å². The van der Waals surface area contributed by atoms with Gasteiger partial charge in [-0.1, -0.05) is 0 Å². The van der Waals surface area contributed by atoms with Crippen LogP contribution in [0.2, 0.25) is 0 Å². The molecule has 0 heterocycles. The number of Topliss-reactive ketones (excluding diaryl/α,β-unsaturated/α-hetero) is 2. The minimum absolute atomic E-state index is 0.156. The van der Waals surface area contributed by atoms with Crippen LogP contribution in [0.25, 0.3) is 0 Å². The SMILES string of the molecule is O=C([C](=[Hf+2])C(=O)c1ccccc1)c1ccccc1. The number of carbonyl (C=O) groups excluding carboxylic acids is 2. The Labute approximate surface area is 120 Å². The van der Waals surface area contributed by atoms with Gasteiger partial charge in [-0.05, 0) is 0 Å². The van der Waals surface area contributed by atoms with E-state index in [4.69, 9.17) is 0 Å². The molecule has 0 aliphatic carbocycles. The van der Waals surface area contributed by atoms with E-state index in [0.717, 1.165) is 0 Å². The van der Waals surface area contributed by atoms with Crippen LogP contribution < -0.4 is 0 Å². The second-order valence-electron chi connectivity index (χ2n) is 3.77. The Morgan fingerprint density at radius 1 is 0.667 bits per heavy atom. The fourth-order valence-corrected chi connectivity index (χ4v) is 2.61. The normalized spacial score (nSPS) is 9.89. The van der Waals surface area contributed by atoms with Gasteiger partial charge in [-0.3, -0.25) is 0 Å². The number of rotatable bonds is 4. The molecule has 0 N–H and O–H groups in total. The fourth-order valence-electron chi connectivity index (χ4n) is 1.57. The molecule has 0 spiro atoms. The number of carbonyl (C=O) groups is 2. The summed E-state index contributed by atoms with van der Waals surface area (Å²) >= 11 is 0.444. The predicted octanol–water partition coefficient (Wildman–Crippen LogP) is 2.47. The van der Waals surface area contributed by atoms with E-state index in [1.165, 1.54) is 0 Å². The molecule has 0 aliphatic rings. The van der Waals surface area contributed by atoms with Crippen molar-refractivity contribution < 1.29 is 33.5 Å². The van der Waals surface area contributed by atoms with Crippen molar-refractivity contribution in [1.82, 2.24) is 0 Å². The molecule has 2 rings (SSSR count). The third-order valence-electron chi connectivity index (χ3n) is 2.53. The zero-order valence-electron chi connectivity index (χ0n) is 9.59. The molecule has 0 atom stereocenters. The molecule has 0 amide bonds. The van der Waals surface area contributed by atoms with Gasteiger partial charge in [0.25, 0.3) is 0 Å². The van der Waals surface area contributed by atoms with E-state index in [2.05, 4.69) is 0 Å². The third kappa shape index (κ3) is 2.85. The first kappa shape index (κ1) is 13.0. The molecule has 3 heteroatoms. The monoisotopic (exact) mass is 402 g/mol. The van der Waals surface area contributed by atoms with E-state index in [1.807, 2.05) is 12.1 Å². The molecule has 2 nitrogen and oxygen atoms in total. The maximum absolute atomic E-state index is 12.1. The summed E-state index contributed by atoms with van der Waals surface area (Å²) in [6.45, 7) is 0. The Hall–Kier alpha value is -1.48. The van der Waals surface area contributed by atoms with Crippen molar-refractivity contribution in [3.63, 3.8) is 0 Å². The van der Waals surface area contributed by atoms with Gasteiger partial charge in [0.1, 0.15) is 0 Å². The van der Waals surface area contributed by atoms with Crippen molar-refractivity contribution in [2.75, 3.05) is 0 Å². The van der Waals surface area contributed by atoms with E-state index in [9.17, 15) is 9.59 Å². The average Bonchev–Trinajstić information content (AvgIpc) is 2.47. The molecule has 0 bridgehead atoms. The molecule has 0 aromatic heterocycles. The van der Waals surface area contributed by atoms with Crippen LogP contribution in [0.1, 0.15) is 20.7 Å². The number of hydrogen-bond donors (Lipinski definition) is 0. The van der Waals surface area contributed by atoms with Crippen molar-refractivity contribution in [1.29, 1.82) is 0 Å². The Kier molecular flexibility index (Phi) is 4.26. The summed E-state index contributed by atoms with van der Waals surface area (Å²) < 4.78 is 0.382. The van der Waals surface area contributed by atoms with Crippen molar-refractivity contribution in [2.45, 2.75) is 0 Å². The fraction of sp³-hybridized carbons (Fsp3) is 0. The Morgan fingerprint density at radius 3 is 1.33 bits per heavy atom. The van der Waals surface area contributed by atoms with Crippen molar-refractivity contribution in [3.8, 4) is 0 Å². The zero-order chi connectivity index (χ0) is 13.0. The number of ketones is 2. The molecule has 0 aliphatic heterocycles. The summed E-state index contributed by atoms with van der Waals surface area (Å²) in [7, 11) is 0. The van der Waals surface area contributed by atoms with Gasteiger partial charge in [-0.2, -0.15) is 0 Å². The van der Waals surface area contributed by atoms with Crippen LogP contribution in [0.15, 0.2) is 60.7 Å². The van der Waals surface area contributed by atoms with Crippen LogP contribution in [0.3, 0.4) is 0 Å². The molecular formula is C15H10HfO2+2. The van der Waals surface area contributed by atoms with Crippen molar-refractivity contribution in [3.05, 3.63) is 71.8 Å².